The predicted molar refractivity (Wildman–Crippen MR) is 51.7 cm³/mol. The molecule has 0 spiro atoms. The quantitative estimate of drug-likeness (QED) is 0.498. The van der Waals surface area contributed by atoms with E-state index in [1.165, 1.54) is 0 Å². The van der Waals surface area contributed by atoms with Gasteiger partial charge < -0.3 is 20.3 Å². The second-order valence-electron chi connectivity index (χ2n) is 3.04. The van der Waals surface area contributed by atoms with E-state index < -0.39 is 0 Å². The van der Waals surface area contributed by atoms with Gasteiger partial charge in [0.25, 0.3) is 0 Å². The monoisotopic (exact) mass is 205 g/mol. The maximum atomic E-state index is 10.6. The Morgan fingerprint density at radius 3 is 2.36 bits per heavy atom. The minimum absolute atomic E-state index is 0.0265. The van der Waals surface area contributed by atoms with Crippen molar-refractivity contribution in [2.24, 2.45) is 11.7 Å². The van der Waals surface area contributed by atoms with Crippen LogP contribution in [0.2, 0.25) is 0 Å². The smallest absolute Gasteiger partial charge is 0.220 e. The van der Waals surface area contributed by atoms with E-state index in [1.54, 1.807) is 6.92 Å². The maximum Gasteiger partial charge on any atom is 0.220 e. The molecule has 0 aromatic rings. The summed E-state index contributed by atoms with van der Waals surface area (Å²) in [4.78, 5) is 10.6. The molecule has 0 unspecified atom stereocenters. The summed E-state index contributed by atoms with van der Waals surface area (Å²) >= 11 is 0. The SMILES string of the molecule is C[C@H](CCOCCOCCO)C(N)=O. The lowest BCUT2D eigenvalue weighted by Gasteiger charge is -2.07. The molecule has 0 rings (SSSR count). The Bertz CT molecular complexity index is 152. The molecule has 1 atom stereocenters. The van der Waals surface area contributed by atoms with E-state index in [-0.39, 0.29) is 18.4 Å². The lowest BCUT2D eigenvalue weighted by molar-refractivity contribution is -0.121. The van der Waals surface area contributed by atoms with Gasteiger partial charge in [0.05, 0.1) is 26.4 Å². The number of amides is 1. The van der Waals surface area contributed by atoms with Gasteiger partial charge in [-0.3, -0.25) is 4.79 Å². The maximum absolute atomic E-state index is 10.6. The van der Waals surface area contributed by atoms with Crippen LogP contribution in [0.5, 0.6) is 0 Å². The Labute approximate surface area is 84.2 Å². The number of nitrogens with two attached hydrogens (primary N) is 1. The van der Waals surface area contributed by atoms with Crippen LogP contribution in [0, 0.1) is 5.92 Å². The summed E-state index contributed by atoms with van der Waals surface area (Å²) in [6, 6.07) is 0. The van der Waals surface area contributed by atoms with Crippen LogP contribution in [-0.2, 0) is 14.3 Å². The van der Waals surface area contributed by atoms with Crippen LogP contribution in [0.4, 0.5) is 0 Å². The fourth-order valence-corrected chi connectivity index (χ4v) is 0.789. The number of carbonyl (C=O) groups excluding carboxylic acids is 1. The van der Waals surface area contributed by atoms with Crippen molar-refractivity contribution in [2.75, 3.05) is 33.0 Å². The van der Waals surface area contributed by atoms with E-state index in [1.807, 2.05) is 0 Å². The minimum atomic E-state index is -0.301. The van der Waals surface area contributed by atoms with Crippen LogP contribution in [0.1, 0.15) is 13.3 Å². The molecule has 0 aromatic heterocycles. The topological polar surface area (TPSA) is 81.8 Å². The lowest BCUT2D eigenvalue weighted by atomic mass is 10.1. The van der Waals surface area contributed by atoms with E-state index in [0.717, 1.165) is 0 Å². The third kappa shape index (κ3) is 7.97. The molecule has 0 aliphatic rings. The molecule has 0 radical (unpaired) electrons. The Morgan fingerprint density at radius 2 is 1.86 bits per heavy atom. The third-order valence-corrected chi connectivity index (χ3v) is 1.79. The summed E-state index contributed by atoms with van der Waals surface area (Å²) in [5, 5.41) is 8.39. The van der Waals surface area contributed by atoms with Crippen molar-refractivity contribution in [2.45, 2.75) is 13.3 Å². The molecule has 14 heavy (non-hydrogen) atoms. The van der Waals surface area contributed by atoms with Crippen molar-refractivity contribution in [3.63, 3.8) is 0 Å². The summed E-state index contributed by atoms with van der Waals surface area (Å²) in [6.07, 6.45) is 0.634. The number of aliphatic hydroxyl groups is 1. The highest BCUT2D eigenvalue weighted by Gasteiger charge is 2.07. The zero-order chi connectivity index (χ0) is 10.8. The summed E-state index contributed by atoms with van der Waals surface area (Å²) in [5.74, 6) is -0.446. The van der Waals surface area contributed by atoms with Crippen LogP contribution in [-0.4, -0.2) is 44.0 Å². The normalized spacial score (nSPS) is 12.7. The fourth-order valence-electron chi connectivity index (χ4n) is 0.789. The van der Waals surface area contributed by atoms with Gasteiger partial charge in [-0.2, -0.15) is 0 Å². The first-order valence-electron chi connectivity index (χ1n) is 4.74. The molecule has 0 saturated heterocycles. The van der Waals surface area contributed by atoms with Gasteiger partial charge in [0.2, 0.25) is 5.91 Å². The number of hydrogen-bond donors (Lipinski definition) is 2. The van der Waals surface area contributed by atoms with Gasteiger partial charge in [-0.1, -0.05) is 6.92 Å². The number of ether oxygens (including phenoxy) is 2. The number of aliphatic hydroxyl groups excluding tert-OH is 1. The molecule has 0 bridgehead atoms. The van der Waals surface area contributed by atoms with Gasteiger partial charge in [-0.15, -0.1) is 0 Å². The minimum Gasteiger partial charge on any atom is -0.394 e. The average Bonchev–Trinajstić information content (AvgIpc) is 2.16. The molecule has 0 fully saturated rings. The largest absolute Gasteiger partial charge is 0.394 e. The van der Waals surface area contributed by atoms with Crippen LogP contribution in [0.15, 0.2) is 0 Å². The first-order chi connectivity index (χ1) is 6.68. The first-order valence-corrected chi connectivity index (χ1v) is 4.74. The van der Waals surface area contributed by atoms with E-state index >= 15 is 0 Å². The Hall–Kier alpha value is -0.650. The van der Waals surface area contributed by atoms with E-state index in [4.69, 9.17) is 20.3 Å². The molecule has 5 heteroatoms. The molecule has 1 amide bonds. The van der Waals surface area contributed by atoms with Gasteiger partial charge in [0.15, 0.2) is 0 Å². The van der Waals surface area contributed by atoms with Crippen LogP contribution >= 0.6 is 0 Å². The molecular formula is C9H19NO4. The molecular weight excluding hydrogens is 186 g/mol. The van der Waals surface area contributed by atoms with Crippen molar-refractivity contribution in [3.8, 4) is 0 Å². The fraction of sp³-hybridized carbons (Fsp3) is 0.889. The third-order valence-electron chi connectivity index (χ3n) is 1.79. The van der Waals surface area contributed by atoms with Gasteiger partial charge in [0, 0.05) is 12.5 Å². The standard InChI is InChI=1S/C9H19NO4/c1-8(9(10)12)2-4-13-6-7-14-5-3-11/h8,11H,2-7H2,1H3,(H2,10,12)/t8-/m1/s1. The summed E-state index contributed by atoms with van der Waals surface area (Å²) in [5.41, 5.74) is 5.07. The van der Waals surface area contributed by atoms with Gasteiger partial charge >= 0.3 is 0 Å². The molecule has 0 saturated carbocycles. The molecule has 84 valence electrons. The second-order valence-corrected chi connectivity index (χ2v) is 3.04. The van der Waals surface area contributed by atoms with Crippen molar-refractivity contribution in [1.82, 2.24) is 0 Å². The van der Waals surface area contributed by atoms with Crippen LogP contribution in [0.25, 0.3) is 0 Å². The number of hydrogen-bond acceptors (Lipinski definition) is 4. The van der Waals surface area contributed by atoms with Crippen LogP contribution < -0.4 is 5.73 Å². The first kappa shape index (κ1) is 13.4. The highest BCUT2D eigenvalue weighted by molar-refractivity contribution is 5.76. The zero-order valence-corrected chi connectivity index (χ0v) is 8.57. The molecule has 0 aliphatic carbocycles. The van der Waals surface area contributed by atoms with Crippen molar-refractivity contribution < 1.29 is 19.4 Å². The van der Waals surface area contributed by atoms with E-state index in [2.05, 4.69) is 0 Å². The summed E-state index contributed by atoms with van der Waals surface area (Å²) in [7, 11) is 0. The highest BCUT2D eigenvalue weighted by Crippen LogP contribution is 1.99. The van der Waals surface area contributed by atoms with E-state index in [0.29, 0.717) is 32.8 Å². The molecule has 5 nitrogen and oxygen atoms in total. The molecule has 0 aliphatic heterocycles. The average molecular weight is 205 g/mol. The van der Waals surface area contributed by atoms with Crippen molar-refractivity contribution in [1.29, 1.82) is 0 Å². The number of primary amides is 1. The van der Waals surface area contributed by atoms with Gasteiger partial charge in [-0.25, -0.2) is 0 Å². The molecule has 3 N–H and O–H groups in total. The number of carbonyl (C=O) groups is 1. The highest BCUT2D eigenvalue weighted by atomic mass is 16.5. The van der Waals surface area contributed by atoms with Crippen LogP contribution in [0.3, 0.4) is 0 Å². The van der Waals surface area contributed by atoms with Crippen molar-refractivity contribution in [3.05, 3.63) is 0 Å². The Morgan fingerprint density at radius 1 is 1.29 bits per heavy atom. The molecule has 0 aromatic carbocycles. The van der Waals surface area contributed by atoms with Gasteiger partial charge in [0.1, 0.15) is 0 Å². The Balaban J connectivity index is 3.09. The van der Waals surface area contributed by atoms with Crippen molar-refractivity contribution >= 4 is 5.91 Å². The second kappa shape index (κ2) is 8.93. The lowest BCUT2D eigenvalue weighted by Crippen LogP contribution is -2.22. The van der Waals surface area contributed by atoms with Gasteiger partial charge in [-0.05, 0) is 6.42 Å². The molecule has 0 heterocycles. The summed E-state index contributed by atoms with van der Waals surface area (Å²) < 4.78 is 10.2. The predicted octanol–water partition coefficient (Wildman–Crippen LogP) is -0.477. The number of rotatable bonds is 9. The van der Waals surface area contributed by atoms with E-state index in [9.17, 15) is 4.79 Å². The zero-order valence-electron chi connectivity index (χ0n) is 8.57. The Kier molecular flexibility index (Phi) is 8.51. The summed E-state index contributed by atoms with van der Waals surface area (Å²) in [6.45, 7) is 3.58.